The third-order valence-corrected chi connectivity index (χ3v) is 4.10. The summed E-state index contributed by atoms with van der Waals surface area (Å²) in [5.41, 5.74) is 3.52. The highest BCUT2D eigenvalue weighted by Gasteiger charge is 2.35. The summed E-state index contributed by atoms with van der Waals surface area (Å²) < 4.78 is 0. The van der Waals surface area contributed by atoms with Gasteiger partial charge in [-0.3, -0.25) is 4.79 Å². The maximum absolute atomic E-state index is 12.5. The van der Waals surface area contributed by atoms with Crippen molar-refractivity contribution in [2.45, 2.75) is 25.9 Å². The van der Waals surface area contributed by atoms with Crippen molar-refractivity contribution >= 4 is 11.9 Å². The van der Waals surface area contributed by atoms with Gasteiger partial charge in [0.2, 0.25) is 0 Å². The predicted octanol–water partition coefficient (Wildman–Crippen LogP) is 3.17. The maximum atomic E-state index is 12.5. The highest BCUT2D eigenvalue weighted by molar-refractivity contribution is 6.01. The first-order valence-corrected chi connectivity index (χ1v) is 7.34. The third-order valence-electron chi connectivity index (χ3n) is 4.10. The van der Waals surface area contributed by atoms with Crippen molar-refractivity contribution in [3.63, 3.8) is 0 Å². The van der Waals surface area contributed by atoms with Gasteiger partial charge in [-0.1, -0.05) is 49.4 Å². The number of hydrogen-bond acceptors (Lipinski definition) is 2. The van der Waals surface area contributed by atoms with E-state index in [9.17, 15) is 14.7 Å². The van der Waals surface area contributed by atoms with Crippen molar-refractivity contribution in [2.24, 2.45) is 0 Å². The number of carboxylic acid groups (broad SMARTS) is 1. The van der Waals surface area contributed by atoms with Gasteiger partial charge in [0.05, 0.1) is 0 Å². The number of fused-ring (bicyclic) bond motifs is 1. The number of carboxylic acids is 1. The first kappa shape index (κ1) is 14.3. The molecule has 0 fully saturated rings. The molecule has 2 aromatic rings. The van der Waals surface area contributed by atoms with Crippen LogP contribution in [-0.4, -0.2) is 27.9 Å². The summed E-state index contributed by atoms with van der Waals surface area (Å²) in [4.78, 5) is 25.3. The van der Waals surface area contributed by atoms with E-state index in [1.54, 1.807) is 6.92 Å². The van der Waals surface area contributed by atoms with E-state index >= 15 is 0 Å². The highest BCUT2D eigenvalue weighted by Crippen LogP contribution is 2.30. The van der Waals surface area contributed by atoms with E-state index in [2.05, 4.69) is 0 Å². The molecule has 2 aromatic carbocycles. The van der Waals surface area contributed by atoms with Gasteiger partial charge in [-0.15, -0.1) is 0 Å². The van der Waals surface area contributed by atoms with Gasteiger partial charge in [-0.25, -0.2) is 4.79 Å². The zero-order chi connectivity index (χ0) is 15.7. The van der Waals surface area contributed by atoms with Crippen molar-refractivity contribution in [2.75, 3.05) is 0 Å². The van der Waals surface area contributed by atoms with Gasteiger partial charge >= 0.3 is 5.97 Å². The standard InChI is InChI=1S/C18H17NO3/c1-2-16(18(21)22)19-11-14-9-8-13(10-15(14)17(19)20)12-6-4-3-5-7-12/h3-10,16H,2,11H2,1H3,(H,21,22). The molecule has 1 amide bonds. The van der Waals surface area contributed by atoms with E-state index in [0.717, 1.165) is 16.7 Å². The SMILES string of the molecule is CCC(C(=O)O)N1Cc2ccc(-c3ccccc3)cc2C1=O. The van der Waals surface area contributed by atoms with Crippen LogP contribution in [0.5, 0.6) is 0 Å². The highest BCUT2D eigenvalue weighted by atomic mass is 16.4. The molecule has 3 rings (SSSR count). The van der Waals surface area contributed by atoms with Crippen LogP contribution >= 0.6 is 0 Å². The molecule has 4 heteroatoms. The summed E-state index contributed by atoms with van der Waals surface area (Å²) in [6, 6.07) is 14.8. The van der Waals surface area contributed by atoms with Gasteiger partial charge in [0.1, 0.15) is 6.04 Å². The second-order valence-electron chi connectivity index (χ2n) is 5.43. The van der Waals surface area contributed by atoms with Gasteiger partial charge in [-0.05, 0) is 29.2 Å². The number of aliphatic carboxylic acids is 1. The average Bonchev–Trinajstić information content (AvgIpc) is 2.85. The van der Waals surface area contributed by atoms with Crippen molar-refractivity contribution in [3.05, 3.63) is 59.7 Å². The Kier molecular flexibility index (Phi) is 3.67. The number of nitrogens with zero attached hydrogens (tertiary/aromatic N) is 1. The third kappa shape index (κ3) is 2.37. The lowest BCUT2D eigenvalue weighted by Gasteiger charge is -2.22. The van der Waals surface area contributed by atoms with Crippen molar-refractivity contribution < 1.29 is 14.7 Å². The van der Waals surface area contributed by atoms with Crippen molar-refractivity contribution in [1.29, 1.82) is 0 Å². The quantitative estimate of drug-likeness (QED) is 0.942. The van der Waals surface area contributed by atoms with Crippen molar-refractivity contribution in [1.82, 2.24) is 4.90 Å². The Hall–Kier alpha value is -2.62. The van der Waals surface area contributed by atoms with E-state index in [1.807, 2.05) is 48.5 Å². The first-order chi connectivity index (χ1) is 10.6. The maximum Gasteiger partial charge on any atom is 0.326 e. The number of carbonyl (C=O) groups is 2. The Morgan fingerprint density at radius 2 is 1.91 bits per heavy atom. The van der Waals surface area contributed by atoms with Crippen LogP contribution in [0, 0.1) is 0 Å². The second kappa shape index (κ2) is 5.64. The fourth-order valence-electron chi connectivity index (χ4n) is 2.91. The summed E-state index contributed by atoms with van der Waals surface area (Å²) in [5.74, 6) is -1.14. The zero-order valence-corrected chi connectivity index (χ0v) is 12.3. The minimum absolute atomic E-state index is 0.193. The van der Waals surface area contributed by atoms with Gasteiger partial charge in [-0.2, -0.15) is 0 Å². The van der Waals surface area contributed by atoms with E-state index in [-0.39, 0.29) is 5.91 Å². The lowest BCUT2D eigenvalue weighted by atomic mass is 10.0. The van der Waals surface area contributed by atoms with Gasteiger partial charge in [0.25, 0.3) is 5.91 Å². The number of benzene rings is 2. The molecule has 1 atom stereocenters. The summed E-state index contributed by atoms with van der Waals surface area (Å²) in [7, 11) is 0. The Morgan fingerprint density at radius 1 is 1.18 bits per heavy atom. The van der Waals surface area contributed by atoms with Crippen LogP contribution in [0.1, 0.15) is 29.3 Å². The molecule has 0 aromatic heterocycles. The van der Waals surface area contributed by atoms with E-state index in [0.29, 0.717) is 18.5 Å². The van der Waals surface area contributed by atoms with Crippen LogP contribution in [0.4, 0.5) is 0 Å². The molecule has 0 saturated heterocycles. The molecular formula is C18H17NO3. The Labute approximate surface area is 129 Å². The first-order valence-electron chi connectivity index (χ1n) is 7.34. The molecule has 0 saturated carbocycles. The molecule has 1 heterocycles. The topological polar surface area (TPSA) is 57.6 Å². The molecule has 0 bridgehead atoms. The molecule has 22 heavy (non-hydrogen) atoms. The minimum Gasteiger partial charge on any atom is -0.480 e. The monoisotopic (exact) mass is 295 g/mol. The number of carbonyl (C=O) groups excluding carboxylic acids is 1. The summed E-state index contributed by atoms with van der Waals surface area (Å²) in [6.07, 6.45) is 0.403. The minimum atomic E-state index is -0.952. The largest absolute Gasteiger partial charge is 0.480 e. The fraction of sp³-hybridized carbons (Fsp3) is 0.222. The van der Waals surface area contributed by atoms with Gasteiger partial charge in [0.15, 0.2) is 0 Å². The molecule has 1 aliphatic rings. The molecule has 1 aliphatic heterocycles. The predicted molar refractivity (Wildman–Crippen MR) is 83.5 cm³/mol. The van der Waals surface area contributed by atoms with Crippen molar-refractivity contribution in [3.8, 4) is 11.1 Å². The molecule has 1 N–H and O–H groups in total. The molecule has 0 spiro atoms. The van der Waals surface area contributed by atoms with Crippen LogP contribution in [0.25, 0.3) is 11.1 Å². The van der Waals surface area contributed by atoms with Crippen LogP contribution in [0.15, 0.2) is 48.5 Å². The Balaban J connectivity index is 1.96. The van der Waals surface area contributed by atoms with Crippen LogP contribution < -0.4 is 0 Å². The molecule has 112 valence electrons. The number of hydrogen-bond donors (Lipinski definition) is 1. The Morgan fingerprint density at radius 3 is 2.55 bits per heavy atom. The molecule has 1 unspecified atom stereocenters. The molecule has 0 radical (unpaired) electrons. The summed E-state index contributed by atoms with van der Waals surface area (Å²) >= 11 is 0. The second-order valence-corrected chi connectivity index (χ2v) is 5.43. The average molecular weight is 295 g/mol. The molecule has 0 aliphatic carbocycles. The molecular weight excluding hydrogens is 278 g/mol. The van der Waals surface area contributed by atoms with Crippen LogP contribution in [-0.2, 0) is 11.3 Å². The Bertz CT molecular complexity index is 724. The molecule has 4 nitrogen and oxygen atoms in total. The van der Waals surface area contributed by atoms with Crippen LogP contribution in [0.2, 0.25) is 0 Å². The van der Waals surface area contributed by atoms with E-state index < -0.39 is 12.0 Å². The van der Waals surface area contributed by atoms with Gasteiger partial charge < -0.3 is 10.0 Å². The van der Waals surface area contributed by atoms with E-state index in [1.165, 1.54) is 4.90 Å². The number of amides is 1. The van der Waals surface area contributed by atoms with E-state index in [4.69, 9.17) is 0 Å². The zero-order valence-electron chi connectivity index (χ0n) is 12.3. The fourth-order valence-corrected chi connectivity index (χ4v) is 2.91. The lowest BCUT2D eigenvalue weighted by Crippen LogP contribution is -2.40. The lowest BCUT2D eigenvalue weighted by molar-refractivity contribution is -0.142. The van der Waals surface area contributed by atoms with Crippen LogP contribution in [0.3, 0.4) is 0 Å². The smallest absolute Gasteiger partial charge is 0.326 e. The summed E-state index contributed by atoms with van der Waals surface area (Å²) in [5, 5.41) is 9.27. The van der Waals surface area contributed by atoms with Gasteiger partial charge in [0, 0.05) is 12.1 Å². The summed E-state index contributed by atoms with van der Waals surface area (Å²) in [6.45, 7) is 2.15. The number of rotatable bonds is 4. The normalized spacial score (nSPS) is 14.8.